The third-order valence-corrected chi connectivity index (χ3v) is 5.00. The Morgan fingerprint density at radius 1 is 0.650 bits per heavy atom. The fourth-order valence-corrected chi connectivity index (χ4v) is 3.50. The zero-order valence-electron chi connectivity index (χ0n) is 14.3. The molecule has 1 aliphatic rings. The molecule has 0 aliphatic carbocycles. The average Bonchev–Trinajstić information content (AvgIpc) is 2.49. The minimum absolute atomic E-state index is 1.24. The number of nitrogens with zero attached hydrogens (tertiary/aromatic N) is 1. The highest BCUT2D eigenvalue weighted by atomic mass is 15.4. The number of nitrogens with one attached hydrogen (secondary N) is 1. The minimum atomic E-state index is 1.24. The summed E-state index contributed by atoms with van der Waals surface area (Å²) in [4.78, 5) is 0. The lowest BCUT2D eigenvalue weighted by atomic mass is 10.1. The Morgan fingerprint density at radius 2 is 1.15 bits per heavy atom. The van der Waals surface area contributed by atoms with Crippen molar-refractivity contribution in [3.8, 4) is 0 Å². The van der Waals surface area contributed by atoms with E-state index in [1.165, 1.54) is 108 Å². The van der Waals surface area contributed by atoms with Crippen molar-refractivity contribution in [3.63, 3.8) is 0 Å². The molecule has 0 unspecified atom stereocenters. The van der Waals surface area contributed by atoms with Gasteiger partial charge >= 0.3 is 0 Å². The molecule has 0 aromatic rings. The molecule has 0 aromatic carbocycles. The van der Waals surface area contributed by atoms with E-state index in [0.717, 1.165) is 0 Å². The number of unbranched alkanes of at least 4 members (excludes halogenated alkanes) is 8. The molecule has 0 amide bonds. The van der Waals surface area contributed by atoms with Gasteiger partial charge in [-0.1, -0.05) is 58.8 Å². The second-order valence-electron chi connectivity index (χ2n) is 6.81. The lowest BCUT2D eigenvalue weighted by molar-refractivity contribution is -0.930. The van der Waals surface area contributed by atoms with Crippen LogP contribution in [0.5, 0.6) is 0 Å². The monoisotopic (exact) mass is 283 g/mol. The van der Waals surface area contributed by atoms with Gasteiger partial charge in [0.05, 0.1) is 26.2 Å². The van der Waals surface area contributed by atoms with Gasteiger partial charge in [-0.05, 0) is 19.3 Å². The summed E-state index contributed by atoms with van der Waals surface area (Å²) in [6.07, 6.45) is 14.3. The van der Waals surface area contributed by atoms with E-state index in [9.17, 15) is 0 Å². The van der Waals surface area contributed by atoms with E-state index in [1.807, 2.05) is 0 Å². The Balaban J connectivity index is 2.09. The maximum atomic E-state index is 3.53. The molecule has 1 fully saturated rings. The Hall–Kier alpha value is -0.0800. The first-order chi connectivity index (χ1) is 9.83. The highest BCUT2D eigenvalue weighted by Crippen LogP contribution is 2.15. The van der Waals surface area contributed by atoms with E-state index >= 15 is 0 Å². The Labute approximate surface area is 127 Å². The SMILES string of the molecule is CCCCCCCCCC[N+]1(CCCC)CCNCC1. The molecule has 0 spiro atoms. The zero-order chi connectivity index (χ0) is 14.5. The van der Waals surface area contributed by atoms with Gasteiger partial charge in [0.25, 0.3) is 0 Å². The van der Waals surface area contributed by atoms with Crippen LogP contribution in [0, 0.1) is 0 Å². The molecule has 0 radical (unpaired) electrons. The first-order valence-electron chi connectivity index (χ1n) is 9.39. The molecule has 120 valence electrons. The lowest BCUT2D eigenvalue weighted by Gasteiger charge is -2.42. The molecule has 0 saturated carbocycles. The van der Waals surface area contributed by atoms with Crippen molar-refractivity contribution in [2.45, 2.75) is 78.1 Å². The van der Waals surface area contributed by atoms with Crippen LogP contribution in [-0.4, -0.2) is 43.8 Å². The standard InChI is InChI=1S/C18H39N2/c1-3-5-7-8-9-10-11-12-16-20(15-6-4-2)17-13-19-14-18-20/h19H,3-18H2,1-2H3/q+1. The molecule has 1 rings (SSSR count). The van der Waals surface area contributed by atoms with Gasteiger partial charge in [-0.2, -0.15) is 0 Å². The normalized spacial score (nSPS) is 18.3. The van der Waals surface area contributed by atoms with Crippen LogP contribution in [0.4, 0.5) is 0 Å². The predicted molar refractivity (Wildman–Crippen MR) is 90.1 cm³/mol. The number of rotatable bonds is 12. The van der Waals surface area contributed by atoms with Gasteiger partial charge < -0.3 is 9.80 Å². The first-order valence-corrected chi connectivity index (χ1v) is 9.39. The van der Waals surface area contributed by atoms with Crippen LogP contribution in [0.2, 0.25) is 0 Å². The minimum Gasteiger partial charge on any atom is -0.322 e. The molecule has 0 bridgehead atoms. The second-order valence-corrected chi connectivity index (χ2v) is 6.81. The van der Waals surface area contributed by atoms with Gasteiger partial charge in [0, 0.05) is 13.1 Å². The van der Waals surface area contributed by atoms with Crippen molar-refractivity contribution in [1.29, 1.82) is 0 Å². The molecule has 2 nitrogen and oxygen atoms in total. The molecule has 1 saturated heterocycles. The van der Waals surface area contributed by atoms with Gasteiger partial charge in [-0.15, -0.1) is 0 Å². The summed E-state index contributed by atoms with van der Waals surface area (Å²) in [5, 5.41) is 3.53. The van der Waals surface area contributed by atoms with Crippen molar-refractivity contribution < 1.29 is 4.48 Å². The van der Waals surface area contributed by atoms with E-state index in [4.69, 9.17) is 0 Å². The Bertz CT molecular complexity index is 209. The largest absolute Gasteiger partial charge is 0.322 e. The van der Waals surface area contributed by atoms with Crippen LogP contribution in [0.1, 0.15) is 78.1 Å². The van der Waals surface area contributed by atoms with Crippen molar-refractivity contribution in [2.75, 3.05) is 39.3 Å². The third-order valence-electron chi connectivity index (χ3n) is 5.00. The topological polar surface area (TPSA) is 12.0 Å². The van der Waals surface area contributed by atoms with Crippen molar-refractivity contribution >= 4 is 0 Å². The fourth-order valence-electron chi connectivity index (χ4n) is 3.50. The zero-order valence-corrected chi connectivity index (χ0v) is 14.3. The van der Waals surface area contributed by atoms with Crippen LogP contribution >= 0.6 is 0 Å². The number of hydrogen-bond acceptors (Lipinski definition) is 1. The van der Waals surface area contributed by atoms with Crippen molar-refractivity contribution in [1.82, 2.24) is 5.32 Å². The van der Waals surface area contributed by atoms with Gasteiger partial charge in [0.2, 0.25) is 0 Å². The van der Waals surface area contributed by atoms with E-state index in [0.29, 0.717) is 0 Å². The Kier molecular flexibility index (Phi) is 10.4. The smallest absolute Gasteiger partial charge is 0.0913 e. The summed E-state index contributed by atoms with van der Waals surface area (Å²) in [7, 11) is 0. The van der Waals surface area contributed by atoms with Crippen LogP contribution in [0.3, 0.4) is 0 Å². The summed E-state index contributed by atoms with van der Waals surface area (Å²) < 4.78 is 1.41. The van der Waals surface area contributed by atoms with E-state index < -0.39 is 0 Å². The molecule has 1 aliphatic heterocycles. The molecule has 1 heterocycles. The number of hydrogen-bond donors (Lipinski definition) is 1. The van der Waals surface area contributed by atoms with E-state index in [1.54, 1.807) is 0 Å². The molecular weight excluding hydrogens is 244 g/mol. The molecule has 1 N–H and O–H groups in total. The highest BCUT2D eigenvalue weighted by Gasteiger charge is 2.28. The lowest BCUT2D eigenvalue weighted by Crippen LogP contribution is -2.59. The molecule has 2 heteroatoms. The van der Waals surface area contributed by atoms with Crippen LogP contribution < -0.4 is 5.32 Å². The molecular formula is C18H39N2+. The van der Waals surface area contributed by atoms with E-state index in [2.05, 4.69) is 19.2 Å². The van der Waals surface area contributed by atoms with Crippen molar-refractivity contribution in [2.24, 2.45) is 0 Å². The van der Waals surface area contributed by atoms with Crippen LogP contribution in [0.25, 0.3) is 0 Å². The molecule has 20 heavy (non-hydrogen) atoms. The quantitative estimate of drug-likeness (QED) is 0.415. The predicted octanol–water partition coefficient (Wildman–Crippen LogP) is 4.35. The number of quaternary nitrogens is 1. The highest BCUT2D eigenvalue weighted by molar-refractivity contribution is 4.58. The molecule has 0 aromatic heterocycles. The Morgan fingerprint density at radius 3 is 1.75 bits per heavy atom. The van der Waals surface area contributed by atoms with Gasteiger partial charge in [-0.25, -0.2) is 0 Å². The van der Waals surface area contributed by atoms with Crippen LogP contribution in [0.15, 0.2) is 0 Å². The van der Waals surface area contributed by atoms with Gasteiger partial charge in [0.1, 0.15) is 0 Å². The summed E-state index contributed by atoms with van der Waals surface area (Å²) in [5.41, 5.74) is 0. The first kappa shape index (κ1) is 18.0. The maximum Gasteiger partial charge on any atom is 0.0913 e. The summed E-state index contributed by atoms with van der Waals surface area (Å²) in [5.74, 6) is 0. The summed E-state index contributed by atoms with van der Waals surface area (Å²) >= 11 is 0. The van der Waals surface area contributed by atoms with Crippen LogP contribution in [-0.2, 0) is 0 Å². The van der Waals surface area contributed by atoms with Gasteiger partial charge in [0.15, 0.2) is 0 Å². The average molecular weight is 284 g/mol. The number of piperazine rings is 1. The molecule has 0 atom stereocenters. The van der Waals surface area contributed by atoms with Crippen molar-refractivity contribution in [3.05, 3.63) is 0 Å². The fraction of sp³-hybridized carbons (Fsp3) is 1.00. The second kappa shape index (κ2) is 11.6. The maximum absolute atomic E-state index is 3.53. The van der Waals surface area contributed by atoms with Gasteiger partial charge in [-0.3, -0.25) is 0 Å². The third kappa shape index (κ3) is 7.64. The van der Waals surface area contributed by atoms with E-state index in [-0.39, 0.29) is 0 Å². The summed E-state index contributed by atoms with van der Waals surface area (Å²) in [6, 6.07) is 0. The summed E-state index contributed by atoms with van der Waals surface area (Å²) in [6.45, 7) is 12.7.